The molecule has 11 heteroatoms. The zero-order chi connectivity index (χ0) is 31.7. The first-order valence-corrected chi connectivity index (χ1v) is 16.5. The third kappa shape index (κ3) is 6.46. The van der Waals surface area contributed by atoms with Gasteiger partial charge in [0.1, 0.15) is 29.2 Å². The molecule has 2 aliphatic rings. The zero-order valence-corrected chi connectivity index (χ0v) is 26.7. The number of carbonyl (C=O) groups excluding carboxylic acids is 2. The van der Waals surface area contributed by atoms with Gasteiger partial charge in [0.05, 0.1) is 18.2 Å². The molecule has 0 radical (unpaired) electrons. The van der Waals surface area contributed by atoms with E-state index >= 15 is 0 Å². The molecular weight excluding hydrogens is 614 g/mol. The number of hydrogen-bond acceptors (Lipinski definition) is 9. The van der Waals surface area contributed by atoms with Crippen LogP contribution in [0.5, 0.6) is 11.5 Å². The highest BCUT2D eigenvalue weighted by Crippen LogP contribution is 2.45. The maximum Gasteiger partial charge on any atom is 0.301 e. The number of aromatic nitrogens is 2. The van der Waals surface area contributed by atoms with E-state index in [-0.39, 0.29) is 28.4 Å². The van der Waals surface area contributed by atoms with Crippen LogP contribution in [0.4, 0.5) is 9.52 Å². The molecule has 2 aliphatic heterocycles. The number of aliphatic hydroxyl groups is 1. The molecule has 1 N–H and O–H groups in total. The van der Waals surface area contributed by atoms with Gasteiger partial charge in [-0.3, -0.25) is 14.5 Å². The molecule has 0 spiro atoms. The average molecular weight is 646 g/mol. The van der Waals surface area contributed by atoms with Gasteiger partial charge in [0, 0.05) is 17.7 Å². The van der Waals surface area contributed by atoms with Gasteiger partial charge in [-0.1, -0.05) is 67.3 Å². The van der Waals surface area contributed by atoms with Crippen LogP contribution < -0.4 is 14.4 Å². The number of nitrogens with zero attached hydrogens (tertiary/aromatic N) is 3. The standard InChI is InChI=1S/C34H32FN3O5S2/c1-19(2)13-14-42-25-9-6-8-21(17-25)29-28(30(39)22-11-12-27-24(16-22)15-20(3)43-27)31(40)32(41)38(29)33-36-37-34(45-33)44-18-23-7-4-5-10-26(23)35/h4-12,16-17,19-20,29,39H,13-15,18H2,1-3H3/b30-28+. The largest absolute Gasteiger partial charge is 0.507 e. The van der Waals surface area contributed by atoms with E-state index in [0.717, 1.165) is 29.1 Å². The normalized spacial score (nSPS) is 18.8. The van der Waals surface area contributed by atoms with Crippen molar-refractivity contribution in [3.63, 3.8) is 0 Å². The molecule has 3 heterocycles. The molecule has 232 valence electrons. The van der Waals surface area contributed by atoms with E-state index in [1.54, 1.807) is 54.6 Å². The van der Waals surface area contributed by atoms with Crippen molar-refractivity contribution in [1.29, 1.82) is 0 Å². The maximum atomic E-state index is 14.2. The number of aliphatic hydroxyl groups excluding tert-OH is 1. The third-order valence-corrected chi connectivity index (χ3v) is 9.77. The Balaban J connectivity index is 1.38. The summed E-state index contributed by atoms with van der Waals surface area (Å²) in [6, 6.07) is 17.9. The van der Waals surface area contributed by atoms with E-state index in [2.05, 4.69) is 24.0 Å². The number of ether oxygens (including phenoxy) is 2. The van der Waals surface area contributed by atoms with Crippen molar-refractivity contribution < 1.29 is 28.6 Å². The quantitative estimate of drug-likeness (QED) is 0.0629. The molecule has 8 nitrogen and oxygen atoms in total. The molecule has 6 rings (SSSR count). The Morgan fingerprint density at radius 2 is 1.96 bits per heavy atom. The minimum atomic E-state index is -0.987. The molecule has 1 fully saturated rings. The van der Waals surface area contributed by atoms with Crippen LogP contribution in [0, 0.1) is 11.7 Å². The molecule has 0 saturated carbocycles. The summed E-state index contributed by atoms with van der Waals surface area (Å²) in [7, 11) is 0. The molecule has 45 heavy (non-hydrogen) atoms. The second-order valence-electron chi connectivity index (χ2n) is 11.5. The van der Waals surface area contributed by atoms with Crippen molar-refractivity contribution in [2.75, 3.05) is 11.5 Å². The summed E-state index contributed by atoms with van der Waals surface area (Å²) in [5.74, 6) is -0.158. The monoisotopic (exact) mass is 645 g/mol. The number of benzene rings is 3. The number of fused-ring (bicyclic) bond motifs is 1. The summed E-state index contributed by atoms with van der Waals surface area (Å²) in [6.07, 6.45) is 1.54. The fraction of sp³-hybridized carbons (Fsp3) is 0.294. The second kappa shape index (κ2) is 13.0. The molecule has 0 bridgehead atoms. The molecule has 1 aromatic heterocycles. The van der Waals surface area contributed by atoms with E-state index in [0.29, 0.717) is 51.5 Å². The van der Waals surface area contributed by atoms with Gasteiger partial charge in [0.2, 0.25) is 5.13 Å². The Bertz CT molecular complexity index is 1790. The molecule has 1 amide bonds. The van der Waals surface area contributed by atoms with Gasteiger partial charge in [0.15, 0.2) is 4.34 Å². The Kier molecular flexibility index (Phi) is 8.91. The van der Waals surface area contributed by atoms with Crippen LogP contribution in [0.25, 0.3) is 5.76 Å². The summed E-state index contributed by atoms with van der Waals surface area (Å²) < 4.78 is 26.5. The topological polar surface area (TPSA) is 102 Å². The van der Waals surface area contributed by atoms with Gasteiger partial charge < -0.3 is 14.6 Å². The highest BCUT2D eigenvalue weighted by atomic mass is 32.2. The van der Waals surface area contributed by atoms with E-state index in [1.165, 1.54) is 22.7 Å². The minimum Gasteiger partial charge on any atom is -0.507 e. The van der Waals surface area contributed by atoms with Gasteiger partial charge in [-0.15, -0.1) is 10.2 Å². The number of anilines is 1. The third-order valence-electron chi connectivity index (χ3n) is 7.66. The van der Waals surface area contributed by atoms with Crippen LogP contribution in [-0.4, -0.2) is 39.7 Å². The minimum absolute atomic E-state index is 0.00395. The predicted molar refractivity (Wildman–Crippen MR) is 172 cm³/mol. The van der Waals surface area contributed by atoms with E-state index in [9.17, 15) is 19.1 Å². The van der Waals surface area contributed by atoms with Crippen molar-refractivity contribution in [2.24, 2.45) is 5.92 Å². The van der Waals surface area contributed by atoms with Gasteiger partial charge in [-0.25, -0.2) is 4.39 Å². The lowest BCUT2D eigenvalue weighted by Crippen LogP contribution is -2.29. The second-order valence-corrected chi connectivity index (χ2v) is 13.6. The summed E-state index contributed by atoms with van der Waals surface area (Å²) in [4.78, 5) is 28.7. The van der Waals surface area contributed by atoms with Crippen molar-refractivity contribution in [1.82, 2.24) is 10.2 Å². The van der Waals surface area contributed by atoms with Crippen LogP contribution >= 0.6 is 23.1 Å². The number of halogens is 1. The molecular formula is C34H32FN3O5S2. The lowest BCUT2D eigenvalue weighted by Gasteiger charge is -2.23. The van der Waals surface area contributed by atoms with Gasteiger partial charge >= 0.3 is 5.91 Å². The highest BCUT2D eigenvalue weighted by Gasteiger charge is 2.48. The predicted octanol–water partition coefficient (Wildman–Crippen LogP) is 7.34. The first-order valence-electron chi connectivity index (χ1n) is 14.7. The van der Waals surface area contributed by atoms with E-state index in [4.69, 9.17) is 9.47 Å². The lowest BCUT2D eigenvalue weighted by atomic mass is 9.94. The van der Waals surface area contributed by atoms with Crippen LogP contribution in [0.1, 0.15) is 55.5 Å². The fourth-order valence-corrected chi connectivity index (χ4v) is 7.22. The Morgan fingerprint density at radius 3 is 2.76 bits per heavy atom. The lowest BCUT2D eigenvalue weighted by molar-refractivity contribution is -0.132. The number of hydrogen-bond donors (Lipinski definition) is 1. The van der Waals surface area contributed by atoms with E-state index in [1.807, 2.05) is 13.0 Å². The summed E-state index contributed by atoms with van der Waals surface area (Å²) in [5, 5.41) is 20.3. The summed E-state index contributed by atoms with van der Waals surface area (Å²) in [6.45, 7) is 6.70. The Hall–Kier alpha value is -4.22. The number of ketones is 1. The van der Waals surface area contributed by atoms with Crippen molar-refractivity contribution in [3.05, 3.63) is 100 Å². The maximum absolute atomic E-state index is 14.2. The first-order chi connectivity index (χ1) is 21.7. The zero-order valence-electron chi connectivity index (χ0n) is 25.0. The van der Waals surface area contributed by atoms with Crippen LogP contribution in [0.2, 0.25) is 0 Å². The summed E-state index contributed by atoms with van der Waals surface area (Å²) >= 11 is 2.41. The number of amides is 1. The SMILES string of the molecule is CC(C)CCOc1cccc(C2/C(=C(\O)c3ccc4c(c3)CC(C)O4)C(=O)C(=O)N2c2nnc(SCc3ccccc3F)s2)c1. The molecule has 2 atom stereocenters. The smallest absolute Gasteiger partial charge is 0.301 e. The number of thioether (sulfide) groups is 1. The van der Waals surface area contributed by atoms with Crippen LogP contribution in [0.3, 0.4) is 0 Å². The average Bonchev–Trinajstić information content (AvgIpc) is 3.71. The molecule has 4 aromatic rings. The van der Waals surface area contributed by atoms with Crippen molar-refractivity contribution >= 4 is 45.7 Å². The van der Waals surface area contributed by atoms with Crippen molar-refractivity contribution in [2.45, 2.75) is 55.9 Å². The molecule has 2 unspecified atom stereocenters. The fourth-order valence-electron chi connectivity index (χ4n) is 5.37. The molecule has 3 aromatic carbocycles. The Morgan fingerprint density at radius 1 is 1.13 bits per heavy atom. The number of Topliss-reactive ketones (excluding diaryl/α,β-unsaturated/α-hetero) is 1. The Labute approximate surface area is 268 Å². The van der Waals surface area contributed by atoms with Gasteiger partial charge in [0.25, 0.3) is 5.78 Å². The number of rotatable bonds is 10. The van der Waals surface area contributed by atoms with Crippen LogP contribution in [0.15, 0.2) is 76.6 Å². The van der Waals surface area contributed by atoms with Crippen molar-refractivity contribution in [3.8, 4) is 11.5 Å². The van der Waals surface area contributed by atoms with E-state index < -0.39 is 17.7 Å². The van der Waals surface area contributed by atoms with Gasteiger partial charge in [-0.05, 0) is 72.4 Å². The van der Waals surface area contributed by atoms with Gasteiger partial charge in [-0.2, -0.15) is 0 Å². The summed E-state index contributed by atoms with van der Waals surface area (Å²) in [5.41, 5.74) is 2.37. The van der Waals surface area contributed by atoms with Crippen LogP contribution in [-0.2, 0) is 21.8 Å². The highest BCUT2D eigenvalue weighted by molar-refractivity contribution is 8.00. The molecule has 0 aliphatic carbocycles. The number of carbonyl (C=O) groups is 2. The molecule has 1 saturated heterocycles. The first kappa shape index (κ1) is 30.8.